The molecule has 3 rings (SSSR count). The zero-order valence-electron chi connectivity index (χ0n) is 15.7. The Morgan fingerprint density at radius 3 is 2.79 bits per heavy atom. The van der Waals surface area contributed by atoms with Gasteiger partial charge in [0.05, 0.1) is 18.2 Å². The number of aromatic nitrogens is 2. The number of amides is 1. The molecule has 6 nitrogen and oxygen atoms in total. The van der Waals surface area contributed by atoms with E-state index >= 15 is 0 Å². The highest BCUT2D eigenvalue weighted by Crippen LogP contribution is 2.32. The molecule has 1 fully saturated rings. The maximum absolute atomic E-state index is 13.5. The van der Waals surface area contributed by atoms with E-state index in [0.29, 0.717) is 11.1 Å². The van der Waals surface area contributed by atoms with Gasteiger partial charge in [-0.2, -0.15) is 5.26 Å². The molecule has 0 aliphatic carbocycles. The van der Waals surface area contributed by atoms with Gasteiger partial charge in [0.15, 0.2) is 5.78 Å². The normalized spacial score (nSPS) is 17.3. The Kier molecular flexibility index (Phi) is 5.74. The highest BCUT2D eigenvalue weighted by atomic mass is 19.3. The fourth-order valence-corrected chi connectivity index (χ4v) is 3.15. The molecule has 148 valence electrons. The first-order valence-electron chi connectivity index (χ1n) is 8.97. The van der Waals surface area contributed by atoms with Crippen LogP contribution in [0, 0.1) is 23.2 Å². The van der Waals surface area contributed by atoms with Crippen LogP contribution in [0.15, 0.2) is 36.9 Å². The van der Waals surface area contributed by atoms with Crippen molar-refractivity contribution < 1.29 is 18.4 Å². The third-order valence-electron chi connectivity index (χ3n) is 4.60. The van der Waals surface area contributed by atoms with Crippen LogP contribution in [0.5, 0.6) is 0 Å². The molecule has 3 heterocycles. The maximum atomic E-state index is 13.5. The quantitative estimate of drug-likeness (QED) is 0.588. The van der Waals surface area contributed by atoms with Crippen LogP contribution < -0.4 is 0 Å². The molecule has 1 saturated heterocycles. The molecule has 0 bridgehead atoms. The van der Waals surface area contributed by atoms with Gasteiger partial charge in [-0.3, -0.25) is 14.6 Å². The maximum Gasteiger partial charge on any atom is 0.268 e. The van der Waals surface area contributed by atoms with Gasteiger partial charge in [0, 0.05) is 62.2 Å². The second-order valence-electron chi connectivity index (χ2n) is 6.89. The third-order valence-corrected chi connectivity index (χ3v) is 4.60. The van der Waals surface area contributed by atoms with Crippen molar-refractivity contribution in [2.45, 2.75) is 31.2 Å². The van der Waals surface area contributed by atoms with E-state index in [1.165, 1.54) is 18.5 Å². The van der Waals surface area contributed by atoms with Gasteiger partial charge < -0.3 is 9.47 Å². The first-order valence-corrected chi connectivity index (χ1v) is 8.97. The predicted octanol–water partition coefficient (Wildman–Crippen LogP) is 2.54. The molecular weight excluding hydrogens is 378 g/mol. The molecule has 1 aliphatic heterocycles. The Labute approximate surface area is 166 Å². The number of ketones is 1. The van der Waals surface area contributed by atoms with Gasteiger partial charge in [0.2, 0.25) is 5.91 Å². The van der Waals surface area contributed by atoms with Crippen LogP contribution in [0.3, 0.4) is 0 Å². The van der Waals surface area contributed by atoms with Crippen LogP contribution in [-0.2, 0) is 11.8 Å². The van der Waals surface area contributed by atoms with Crippen molar-refractivity contribution in [2.24, 2.45) is 7.05 Å². The van der Waals surface area contributed by atoms with Crippen LogP contribution in [0.1, 0.15) is 40.7 Å². The van der Waals surface area contributed by atoms with Gasteiger partial charge in [0.25, 0.3) is 5.92 Å². The molecule has 0 aromatic carbocycles. The summed E-state index contributed by atoms with van der Waals surface area (Å²) in [5.74, 6) is 1.82. The summed E-state index contributed by atoms with van der Waals surface area (Å²) >= 11 is 0. The summed E-state index contributed by atoms with van der Waals surface area (Å²) in [6.45, 7) is -0.790. The minimum Gasteiger partial charge on any atom is -0.356 e. The summed E-state index contributed by atoms with van der Waals surface area (Å²) in [6, 6.07) is 3.91. The molecule has 0 N–H and O–H groups in total. The van der Waals surface area contributed by atoms with E-state index < -0.39 is 30.8 Å². The number of carbonyl (C=O) groups is 2. The fraction of sp³-hybridized carbons (Fsp3) is 0.333. The molecule has 0 radical (unpaired) electrons. The van der Waals surface area contributed by atoms with Crippen molar-refractivity contribution in [3.8, 4) is 17.9 Å². The smallest absolute Gasteiger partial charge is 0.268 e. The van der Waals surface area contributed by atoms with E-state index in [0.717, 1.165) is 10.5 Å². The molecule has 29 heavy (non-hydrogen) atoms. The van der Waals surface area contributed by atoms with Gasteiger partial charge in [-0.15, -0.1) is 0 Å². The van der Waals surface area contributed by atoms with Gasteiger partial charge in [-0.1, -0.05) is 11.8 Å². The van der Waals surface area contributed by atoms with Crippen molar-refractivity contribution in [1.29, 1.82) is 5.26 Å². The third kappa shape index (κ3) is 4.85. The molecule has 2 aromatic heterocycles. The largest absolute Gasteiger partial charge is 0.356 e. The summed E-state index contributed by atoms with van der Waals surface area (Å²) in [7, 11) is 1.87. The van der Waals surface area contributed by atoms with Crippen LogP contribution in [-0.4, -0.2) is 44.7 Å². The average molecular weight is 396 g/mol. The zero-order chi connectivity index (χ0) is 21.0. The highest BCUT2D eigenvalue weighted by Gasteiger charge is 2.47. The van der Waals surface area contributed by atoms with Crippen LogP contribution in [0.2, 0.25) is 0 Å². The Balaban J connectivity index is 1.68. The number of nitrogens with zero attached hydrogens (tertiary/aromatic N) is 4. The number of hydrogen-bond acceptors (Lipinski definition) is 4. The number of alkyl halides is 2. The molecule has 0 saturated carbocycles. The molecule has 1 atom stereocenters. The Morgan fingerprint density at radius 2 is 2.10 bits per heavy atom. The first kappa shape index (κ1) is 20.2. The summed E-state index contributed by atoms with van der Waals surface area (Å²) in [5, 5.41) is 9.00. The lowest BCUT2D eigenvalue weighted by Gasteiger charge is -2.18. The van der Waals surface area contributed by atoms with E-state index in [-0.39, 0.29) is 18.6 Å². The van der Waals surface area contributed by atoms with Crippen LogP contribution >= 0.6 is 0 Å². The Hall–Kier alpha value is -3.52. The lowest BCUT2D eigenvalue weighted by Crippen LogP contribution is -2.36. The molecule has 1 aliphatic rings. The summed E-state index contributed by atoms with van der Waals surface area (Å²) in [4.78, 5) is 29.7. The summed E-state index contributed by atoms with van der Waals surface area (Å²) in [6.07, 6.45) is 5.52. The number of nitriles is 1. The van der Waals surface area contributed by atoms with E-state index in [4.69, 9.17) is 5.26 Å². The standard InChI is InChI=1S/C21H18F2N4O2/c1-26-9-7-15(13-26)2-3-16-12-25-8-6-18(16)19(28)4-5-20(29)27-14-21(22,23)10-17(27)11-24/h6-9,12-13,17H,4-5,10,14H2,1H3/t17-/m0/s1. The summed E-state index contributed by atoms with van der Waals surface area (Å²) in [5.41, 5.74) is 1.53. The van der Waals surface area contributed by atoms with Crippen molar-refractivity contribution in [1.82, 2.24) is 14.5 Å². The van der Waals surface area contributed by atoms with Gasteiger partial charge in [-0.05, 0) is 12.1 Å². The second kappa shape index (κ2) is 8.24. The zero-order valence-corrected chi connectivity index (χ0v) is 15.7. The Morgan fingerprint density at radius 1 is 1.31 bits per heavy atom. The van der Waals surface area contributed by atoms with E-state index in [9.17, 15) is 18.4 Å². The minimum absolute atomic E-state index is 0.164. The van der Waals surface area contributed by atoms with Gasteiger partial charge in [0.1, 0.15) is 6.04 Å². The average Bonchev–Trinajstić information content (AvgIpc) is 3.26. The van der Waals surface area contributed by atoms with Gasteiger partial charge in [-0.25, -0.2) is 8.78 Å². The van der Waals surface area contributed by atoms with E-state index in [2.05, 4.69) is 16.8 Å². The fourth-order valence-electron chi connectivity index (χ4n) is 3.15. The summed E-state index contributed by atoms with van der Waals surface area (Å²) < 4.78 is 28.8. The molecule has 2 aromatic rings. The number of pyridine rings is 1. The highest BCUT2D eigenvalue weighted by molar-refractivity contribution is 6.00. The first-order chi connectivity index (χ1) is 13.8. The van der Waals surface area contributed by atoms with Crippen molar-refractivity contribution in [3.63, 3.8) is 0 Å². The SMILES string of the molecule is Cn1ccc(C#Cc2cnccc2C(=O)CCC(=O)N2CC(F)(F)C[C@H]2C#N)c1. The van der Waals surface area contributed by atoms with Crippen molar-refractivity contribution in [2.75, 3.05) is 6.54 Å². The van der Waals surface area contributed by atoms with Crippen LogP contribution in [0.4, 0.5) is 8.78 Å². The van der Waals surface area contributed by atoms with Crippen molar-refractivity contribution in [3.05, 3.63) is 53.6 Å². The van der Waals surface area contributed by atoms with Crippen molar-refractivity contribution >= 4 is 11.7 Å². The van der Waals surface area contributed by atoms with E-state index in [1.54, 1.807) is 6.07 Å². The number of carbonyl (C=O) groups excluding carboxylic acids is 2. The monoisotopic (exact) mass is 396 g/mol. The number of Topliss-reactive ketones (excluding diaryl/α,β-unsaturated/α-hetero) is 1. The molecular formula is C21H18F2N4O2. The van der Waals surface area contributed by atoms with Gasteiger partial charge >= 0.3 is 0 Å². The molecule has 1 amide bonds. The molecule has 0 spiro atoms. The Bertz CT molecular complexity index is 1040. The number of rotatable bonds is 4. The number of hydrogen-bond donors (Lipinski definition) is 0. The number of aryl methyl sites for hydroxylation is 1. The topological polar surface area (TPSA) is 79.0 Å². The van der Waals surface area contributed by atoms with E-state index in [1.807, 2.05) is 30.1 Å². The molecule has 8 heteroatoms. The van der Waals surface area contributed by atoms with Crippen LogP contribution in [0.25, 0.3) is 0 Å². The second-order valence-corrected chi connectivity index (χ2v) is 6.89. The lowest BCUT2D eigenvalue weighted by atomic mass is 10.0. The molecule has 0 unspecified atom stereocenters. The minimum atomic E-state index is -3.08. The number of likely N-dealkylation sites (tertiary alicyclic amines) is 1. The number of halogens is 2. The predicted molar refractivity (Wildman–Crippen MR) is 99.9 cm³/mol. The lowest BCUT2D eigenvalue weighted by molar-refractivity contribution is -0.132.